The Bertz CT molecular complexity index is 422. The molecule has 1 amide bonds. The lowest BCUT2D eigenvalue weighted by atomic mass is 9.92. The molecular formula is C13H19N3O2. The summed E-state index contributed by atoms with van der Waals surface area (Å²) >= 11 is 0. The predicted molar refractivity (Wildman–Crippen MR) is 67.2 cm³/mol. The van der Waals surface area contributed by atoms with Crippen LogP contribution in [0.3, 0.4) is 0 Å². The van der Waals surface area contributed by atoms with E-state index in [0.29, 0.717) is 5.92 Å². The van der Waals surface area contributed by atoms with Gasteiger partial charge in [0.1, 0.15) is 12.9 Å². The van der Waals surface area contributed by atoms with Gasteiger partial charge in [-0.2, -0.15) is 0 Å². The van der Waals surface area contributed by atoms with Gasteiger partial charge in [-0.3, -0.25) is 4.79 Å². The molecular weight excluding hydrogens is 230 g/mol. The molecule has 0 bridgehead atoms. The molecule has 2 heterocycles. The van der Waals surface area contributed by atoms with Gasteiger partial charge in [0.25, 0.3) is 0 Å². The fraction of sp³-hybridized carbons (Fsp3) is 0.615. The van der Waals surface area contributed by atoms with E-state index >= 15 is 0 Å². The first kappa shape index (κ1) is 13.0. The smallest absolute Gasteiger partial charge is 0.248 e. The fourth-order valence-electron chi connectivity index (χ4n) is 2.48. The van der Waals surface area contributed by atoms with Crippen LogP contribution in [-0.2, 0) is 9.53 Å². The summed E-state index contributed by atoms with van der Waals surface area (Å²) in [7, 11) is 1.55. The Morgan fingerprint density at radius 1 is 1.61 bits per heavy atom. The summed E-state index contributed by atoms with van der Waals surface area (Å²) in [5.41, 5.74) is 2.17. The van der Waals surface area contributed by atoms with Gasteiger partial charge in [0.15, 0.2) is 0 Å². The molecule has 1 aliphatic heterocycles. The molecule has 1 saturated heterocycles. The summed E-state index contributed by atoms with van der Waals surface area (Å²) in [5, 5.41) is 0. The first-order valence-electron chi connectivity index (χ1n) is 6.25. The van der Waals surface area contributed by atoms with Crippen LogP contribution in [0.2, 0.25) is 0 Å². The topological polar surface area (TPSA) is 55.3 Å². The molecule has 0 N–H and O–H groups in total. The van der Waals surface area contributed by atoms with E-state index in [2.05, 4.69) is 9.97 Å². The lowest BCUT2D eigenvalue weighted by molar-refractivity contribution is -0.136. The molecule has 18 heavy (non-hydrogen) atoms. The third-order valence-corrected chi connectivity index (χ3v) is 3.36. The molecule has 0 aliphatic carbocycles. The summed E-state index contributed by atoms with van der Waals surface area (Å²) in [6, 6.07) is 0. The minimum absolute atomic E-state index is 0.0638. The maximum absolute atomic E-state index is 11.8. The number of amides is 1. The Hall–Kier alpha value is -1.49. The number of carbonyl (C=O) groups excluding carboxylic acids is 1. The molecule has 0 aromatic carbocycles. The first-order chi connectivity index (χ1) is 8.72. The summed E-state index contributed by atoms with van der Waals surface area (Å²) < 4.78 is 4.90. The van der Waals surface area contributed by atoms with Crippen molar-refractivity contribution in [3.63, 3.8) is 0 Å². The molecule has 5 heteroatoms. The van der Waals surface area contributed by atoms with E-state index in [0.717, 1.165) is 37.2 Å². The summed E-state index contributed by atoms with van der Waals surface area (Å²) in [6.07, 6.45) is 5.51. The zero-order valence-corrected chi connectivity index (χ0v) is 10.9. The standard InChI is InChI=1S/C13H19N3O2/c1-10-6-14-9-15-13(10)11-4-3-5-16(7-11)12(17)8-18-2/h6,9,11H,3-5,7-8H2,1-2H3/t11-/m0/s1. The lowest BCUT2D eigenvalue weighted by Gasteiger charge is -2.32. The number of likely N-dealkylation sites (tertiary alicyclic amines) is 1. The Morgan fingerprint density at radius 2 is 2.44 bits per heavy atom. The highest BCUT2D eigenvalue weighted by atomic mass is 16.5. The van der Waals surface area contributed by atoms with Gasteiger partial charge in [0.05, 0.1) is 5.69 Å². The number of carbonyl (C=O) groups is 1. The van der Waals surface area contributed by atoms with Crippen LogP contribution >= 0.6 is 0 Å². The summed E-state index contributed by atoms with van der Waals surface area (Å²) in [5.74, 6) is 0.386. The average molecular weight is 249 g/mol. The first-order valence-corrected chi connectivity index (χ1v) is 6.25. The number of aromatic nitrogens is 2. The van der Waals surface area contributed by atoms with Crippen molar-refractivity contribution < 1.29 is 9.53 Å². The SMILES string of the molecule is COCC(=O)N1CCC[C@H](c2ncncc2C)C1. The number of piperidine rings is 1. The largest absolute Gasteiger partial charge is 0.375 e. The summed E-state index contributed by atoms with van der Waals surface area (Å²) in [6.45, 7) is 3.74. The van der Waals surface area contributed by atoms with Gasteiger partial charge in [-0.25, -0.2) is 9.97 Å². The van der Waals surface area contributed by atoms with Crippen LogP contribution in [0.4, 0.5) is 0 Å². The van der Waals surface area contributed by atoms with E-state index in [1.807, 2.05) is 18.0 Å². The molecule has 1 fully saturated rings. The highest BCUT2D eigenvalue weighted by Gasteiger charge is 2.26. The van der Waals surface area contributed by atoms with Crippen LogP contribution < -0.4 is 0 Å². The molecule has 1 aromatic heterocycles. The fourth-order valence-corrected chi connectivity index (χ4v) is 2.48. The molecule has 1 atom stereocenters. The predicted octanol–water partition coefficient (Wildman–Crippen LogP) is 1.14. The van der Waals surface area contributed by atoms with Gasteiger partial charge < -0.3 is 9.64 Å². The molecule has 98 valence electrons. The van der Waals surface area contributed by atoms with Crippen molar-refractivity contribution in [3.8, 4) is 0 Å². The zero-order chi connectivity index (χ0) is 13.0. The lowest BCUT2D eigenvalue weighted by Crippen LogP contribution is -2.41. The third kappa shape index (κ3) is 2.85. The van der Waals surface area contributed by atoms with Gasteiger partial charge in [-0.05, 0) is 25.3 Å². The number of hydrogen-bond donors (Lipinski definition) is 0. The maximum Gasteiger partial charge on any atom is 0.248 e. The van der Waals surface area contributed by atoms with Gasteiger partial charge in [0, 0.05) is 32.3 Å². The Balaban J connectivity index is 2.07. The van der Waals surface area contributed by atoms with E-state index in [1.165, 1.54) is 0 Å². The molecule has 1 aliphatic rings. The number of hydrogen-bond acceptors (Lipinski definition) is 4. The van der Waals surface area contributed by atoms with Gasteiger partial charge in [0.2, 0.25) is 5.91 Å². The minimum Gasteiger partial charge on any atom is -0.375 e. The summed E-state index contributed by atoms with van der Waals surface area (Å²) in [4.78, 5) is 22.1. The third-order valence-electron chi connectivity index (χ3n) is 3.36. The highest BCUT2D eigenvalue weighted by Crippen LogP contribution is 2.27. The van der Waals surface area contributed by atoms with Crippen molar-refractivity contribution in [3.05, 3.63) is 23.8 Å². The monoisotopic (exact) mass is 249 g/mol. The van der Waals surface area contributed by atoms with Crippen molar-refractivity contribution in [1.82, 2.24) is 14.9 Å². The molecule has 2 rings (SSSR count). The number of aryl methyl sites for hydroxylation is 1. The Morgan fingerprint density at radius 3 is 3.17 bits per heavy atom. The number of nitrogens with zero attached hydrogens (tertiary/aromatic N) is 3. The molecule has 5 nitrogen and oxygen atoms in total. The van der Waals surface area contributed by atoms with Crippen LogP contribution in [-0.4, -0.2) is 47.6 Å². The van der Waals surface area contributed by atoms with Crippen molar-refractivity contribution in [2.24, 2.45) is 0 Å². The van der Waals surface area contributed by atoms with E-state index in [-0.39, 0.29) is 12.5 Å². The van der Waals surface area contributed by atoms with Crippen molar-refractivity contribution in [2.45, 2.75) is 25.7 Å². The van der Waals surface area contributed by atoms with Crippen LogP contribution in [0.1, 0.15) is 30.0 Å². The Labute approximate surface area is 107 Å². The number of rotatable bonds is 3. The second-order valence-electron chi connectivity index (χ2n) is 4.70. The van der Waals surface area contributed by atoms with Crippen molar-refractivity contribution in [2.75, 3.05) is 26.8 Å². The van der Waals surface area contributed by atoms with Crippen LogP contribution in [0.5, 0.6) is 0 Å². The highest BCUT2D eigenvalue weighted by molar-refractivity contribution is 5.77. The van der Waals surface area contributed by atoms with Gasteiger partial charge >= 0.3 is 0 Å². The minimum atomic E-state index is 0.0638. The van der Waals surface area contributed by atoms with Crippen molar-refractivity contribution >= 4 is 5.91 Å². The van der Waals surface area contributed by atoms with Crippen LogP contribution in [0.15, 0.2) is 12.5 Å². The van der Waals surface area contributed by atoms with E-state index in [9.17, 15) is 4.79 Å². The van der Waals surface area contributed by atoms with E-state index in [1.54, 1.807) is 13.4 Å². The van der Waals surface area contributed by atoms with E-state index in [4.69, 9.17) is 4.74 Å². The average Bonchev–Trinajstić information content (AvgIpc) is 2.40. The van der Waals surface area contributed by atoms with Gasteiger partial charge in [-0.1, -0.05) is 0 Å². The normalized spacial score (nSPS) is 19.9. The number of ether oxygens (including phenoxy) is 1. The molecule has 0 saturated carbocycles. The maximum atomic E-state index is 11.8. The number of methoxy groups -OCH3 is 1. The molecule has 0 unspecified atom stereocenters. The van der Waals surface area contributed by atoms with Gasteiger partial charge in [-0.15, -0.1) is 0 Å². The quantitative estimate of drug-likeness (QED) is 0.806. The molecule has 1 aromatic rings. The van der Waals surface area contributed by atoms with Crippen LogP contribution in [0.25, 0.3) is 0 Å². The zero-order valence-electron chi connectivity index (χ0n) is 10.9. The van der Waals surface area contributed by atoms with E-state index < -0.39 is 0 Å². The Kier molecular flexibility index (Phi) is 4.25. The second-order valence-corrected chi connectivity index (χ2v) is 4.70. The molecule has 0 radical (unpaired) electrons. The van der Waals surface area contributed by atoms with Crippen molar-refractivity contribution in [1.29, 1.82) is 0 Å². The second kappa shape index (κ2) is 5.91. The molecule has 0 spiro atoms. The van der Waals surface area contributed by atoms with Crippen LogP contribution in [0, 0.1) is 6.92 Å².